The van der Waals surface area contributed by atoms with Crippen LogP contribution in [-0.4, -0.2) is 0 Å². The zero-order valence-corrected chi connectivity index (χ0v) is 27.5. The van der Waals surface area contributed by atoms with E-state index in [-0.39, 0.29) is 0 Å². The van der Waals surface area contributed by atoms with E-state index in [2.05, 4.69) is 194 Å². The van der Waals surface area contributed by atoms with Crippen molar-refractivity contribution in [3.8, 4) is 44.5 Å². The lowest BCUT2D eigenvalue weighted by molar-refractivity contribution is 1.63. The Kier molecular flexibility index (Phi) is 6.60. The molecule has 0 unspecified atom stereocenters. The molecule has 0 N–H and O–H groups in total. The van der Waals surface area contributed by atoms with Crippen molar-refractivity contribution < 1.29 is 0 Å². The molecular weight excluding hydrogens is 601 g/mol. The zero-order chi connectivity index (χ0) is 33.0. The number of hydrogen-bond acceptors (Lipinski definition) is 0. The highest BCUT2D eigenvalue weighted by Crippen LogP contribution is 2.47. The Morgan fingerprint density at radius 3 is 1.52 bits per heavy atom. The van der Waals surface area contributed by atoms with Crippen LogP contribution < -0.4 is 0 Å². The highest BCUT2D eigenvalue weighted by molar-refractivity contribution is 6.24. The Labute approximate surface area is 291 Å². The number of rotatable bonds is 4. The lowest BCUT2D eigenvalue weighted by Gasteiger charge is -2.20. The van der Waals surface area contributed by atoms with Crippen LogP contribution in [-0.2, 0) is 0 Å². The molecule has 0 saturated heterocycles. The van der Waals surface area contributed by atoms with Crippen molar-refractivity contribution in [2.24, 2.45) is 0 Å². The van der Waals surface area contributed by atoms with Crippen LogP contribution in [0.4, 0.5) is 0 Å². The largest absolute Gasteiger partial charge is 0.0622 e. The normalized spacial score (nSPS) is 11.6. The van der Waals surface area contributed by atoms with E-state index in [9.17, 15) is 0 Å². The van der Waals surface area contributed by atoms with E-state index < -0.39 is 0 Å². The topological polar surface area (TPSA) is 0 Å². The van der Waals surface area contributed by atoms with Gasteiger partial charge in [-0.2, -0.15) is 0 Å². The summed E-state index contributed by atoms with van der Waals surface area (Å²) < 4.78 is 0. The van der Waals surface area contributed by atoms with Gasteiger partial charge in [0.15, 0.2) is 0 Å². The summed E-state index contributed by atoms with van der Waals surface area (Å²) >= 11 is 0. The number of hydrogen-bond donors (Lipinski definition) is 0. The first kappa shape index (κ1) is 28.5. The van der Waals surface area contributed by atoms with E-state index in [1.807, 2.05) is 0 Å². The zero-order valence-electron chi connectivity index (χ0n) is 27.5. The van der Waals surface area contributed by atoms with Crippen LogP contribution in [0.15, 0.2) is 194 Å². The van der Waals surface area contributed by atoms with Gasteiger partial charge < -0.3 is 0 Å². The third-order valence-corrected chi connectivity index (χ3v) is 10.4. The fourth-order valence-electron chi connectivity index (χ4n) is 8.14. The third kappa shape index (κ3) is 4.54. The van der Waals surface area contributed by atoms with E-state index in [0.717, 1.165) is 0 Å². The summed E-state index contributed by atoms with van der Waals surface area (Å²) in [4.78, 5) is 0. The van der Waals surface area contributed by atoms with Gasteiger partial charge >= 0.3 is 0 Å². The Morgan fingerprint density at radius 1 is 0.200 bits per heavy atom. The number of fused-ring (bicyclic) bond motifs is 6. The molecule has 0 nitrogen and oxygen atoms in total. The van der Waals surface area contributed by atoms with Gasteiger partial charge in [-0.25, -0.2) is 0 Å². The predicted octanol–water partition coefficient (Wildman–Crippen LogP) is 14.1. The van der Waals surface area contributed by atoms with E-state index >= 15 is 0 Å². The summed E-state index contributed by atoms with van der Waals surface area (Å²) in [5.41, 5.74) is 9.97. The first-order chi connectivity index (χ1) is 24.8. The molecule has 0 fully saturated rings. The summed E-state index contributed by atoms with van der Waals surface area (Å²) in [5, 5.41) is 12.7. The van der Waals surface area contributed by atoms with E-state index in [0.29, 0.717) is 0 Å². The van der Waals surface area contributed by atoms with Gasteiger partial charge in [0.2, 0.25) is 0 Å². The molecule has 0 aliphatic carbocycles. The van der Waals surface area contributed by atoms with Crippen molar-refractivity contribution in [3.63, 3.8) is 0 Å². The Balaban J connectivity index is 1.24. The molecule has 0 aliphatic rings. The lowest BCUT2D eigenvalue weighted by Crippen LogP contribution is -1.93. The molecule has 0 aliphatic heterocycles. The van der Waals surface area contributed by atoms with Gasteiger partial charge in [-0.3, -0.25) is 0 Å². The van der Waals surface area contributed by atoms with E-state index in [1.165, 1.54) is 98.4 Å². The van der Waals surface area contributed by atoms with E-state index in [1.54, 1.807) is 0 Å². The van der Waals surface area contributed by atoms with Crippen molar-refractivity contribution in [1.29, 1.82) is 0 Å². The molecule has 0 heterocycles. The van der Waals surface area contributed by atoms with Gasteiger partial charge in [0.25, 0.3) is 0 Å². The van der Waals surface area contributed by atoms with Crippen LogP contribution >= 0.6 is 0 Å². The van der Waals surface area contributed by atoms with Gasteiger partial charge in [-0.05, 0) is 111 Å². The predicted molar refractivity (Wildman–Crippen MR) is 216 cm³/mol. The Hall–Kier alpha value is -6.50. The van der Waals surface area contributed by atoms with Crippen molar-refractivity contribution >= 4 is 53.9 Å². The van der Waals surface area contributed by atoms with Crippen LogP contribution in [0.5, 0.6) is 0 Å². The smallest absolute Gasteiger partial charge is 0.00199 e. The molecular formula is C50H32. The maximum absolute atomic E-state index is 2.41. The van der Waals surface area contributed by atoms with Crippen molar-refractivity contribution in [2.75, 3.05) is 0 Å². The molecule has 0 aromatic heterocycles. The maximum Gasteiger partial charge on any atom is -0.00199 e. The third-order valence-electron chi connectivity index (χ3n) is 10.4. The van der Waals surface area contributed by atoms with Gasteiger partial charge in [0, 0.05) is 0 Å². The minimum Gasteiger partial charge on any atom is -0.0622 e. The van der Waals surface area contributed by atoms with Crippen LogP contribution in [0.3, 0.4) is 0 Å². The summed E-state index contributed by atoms with van der Waals surface area (Å²) in [6.45, 7) is 0. The molecule has 0 saturated carbocycles. The van der Waals surface area contributed by atoms with Crippen molar-refractivity contribution in [2.45, 2.75) is 0 Å². The average Bonchev–Trinajstić information content (AvgIpc) is 3.20. The van der Waals surface area contributed by atoms with Crippen LogP contribution in [0.25, 0.3) is 98.4 Å². The fourth-order valence-corrected chi connectivity index (χ4v) is 8.14. The molecule has 0 heteroatoms. The summed E-state index contributed by atoms with van der Waals surface area (Å²) in [6, 6.07) is 71.3. The quantitative estimate of drug-likeness (QED) is 0.134. The van der Waals surface area contributed by atoms with Crippen LogP contribution in [0.2, 0.25) is 0 Å². The minimum absolute atomic E-state index is 1.22. The second kappa shape index (κ2) is 11.6. The molecule has 10 aromatic rings. The summed E-state index contributed by atoms with van der Waals surface area (Å²) in [7, 11) is 0. The maximum atomic E-state index is 2.41. The van der Waals surface area contributed by atoms with Crippen LogP contribution in [0.1, 0.15) is 0 Å². The first-order valence-corrected chi connectivity index (χ1v) is 17.4. The molecule has 232 valence electrons. The highest BCUT2D eigenvalue weighted by Gasteiger charge is 2.19. The Morgan fingerprint density at radius 2 is 0.740 bits per heavy atom. The molecule has 0 bridgehead atoms. The molecule has 10 rings (SSSR count). The van der Waals surface area contributed by atoms with Gasteiger partial charge in [0.05, 0.1) is 0 Å². The van der Waals surface area contributed by atoms with Crippen LogP contribution in [0, 0.1) is 0 Å². The van der Waals surface area contributed by atoms with Gasteiger partial charge in [-0.15, -0.1) is 0 Å². The highest BCUT2D eigenvalue weighted by atomic mass is 14.2. The second-order valence-electron chi connectivity index (χ2n) is 13.2. The second-order valence-corrected chi connectivity index (χ2v) is 13.2. The molecule has 10 aromatic carbocycles. The standard InChI is InChI=1S/C50H32/c1-2-13-33(14-3-1)37-29-30-46-48(31-37)50(43-24-12-17-34-15-4-6-18-39(34)43)45-23-11-10-22-44(45)49(46)36-27-25-35(26-28-36)47-32-38-16-5-7-19-40(38)41-20-8-9-21-42(41)47/h1-32H. The molecule has 0 spiro atoms. The van der Waals surface area contributed by atoms with Gasteiger partial charge in [0.1, 0.15) is 0 Å². The molecule has 50 heavy (non-hydrogen) atoms. The number of benzene rings is 10. The Bertz CT molecular complexity index is 2890. The lowest BCUT2D eigenvalue weighted by atomic mass is 9.83. The average molecular weight is 633 g/mol. The molecule has 0 radical (unpaired) electrons. The molecule has 0 amide bonds. The SMILES string of the molecule is c1ccc(-c2ccc3c(-c4ccc(-c5cc6ccccc6c6ccccc56)cc4)c4ccccc4c(-c4cccc5ccccc45)c3c2)cc1. The van der Waals surface area contributed by atoms with Crippen molar-refractivity contribution in [1.82, 2.24) is 0 Å². The van der Waals surface area contributed by atoms with E-state index in [4.69, 9.17) is 0 Å². The molecule has 0 atom stereocenters. The summed E-state index contributed by atoms with van der Waals surface area (Å²) in [6.07, 6.45) is 0. The minimum atomic E-state index is 1.22. The fraction of sp³-hybridized carbons (Fsp3) is 0. The first-order valence-electron chi connectivity index (χ1n) is 17.4. The van der Waals surface area contributed by atoms with Crippen molar-refractivity contribution in [3.05, 3.63) is 194 Å². The van der Waals surface area contributed by atoms with Gasteiger partial charge in [-0.1, -0.05) is 182 Å². The monoisotopic (exact) mass is 632 g/mol. The summed E-state index contributed by atoms with van der Waals surface area (Å²) in [5.74, 6) is 0.